The zero-order valence-electron chi connectivity index (χ0n) is 23.0. The summed E-state index contributed by atoms with van der Waals surface area (Å²) in [6, 6.07) is 3.00. The highest BCUT2D eigenvalue weighted by Gasteiger charge is 2.11. The van der Waals surface area contributed by atoms with E-state index in [1.54, 1.807) is 29.7 Å². The molecule has 2 unspecified atom stereocenters. The van der Waals surface area contributed by atoms with Crippen molar-refractivity contribution < 1.29 is 9.18 Å². The molecule has 2 rings (SSSR count). The van der Waals surface area contributed by atoms with Crippen LogP contribution in [0.15, 0.2) is 52.9 Å². The first-order valence-electron chi connectivity index (χ1n) is 12.2. The van der Waals surface area contributed by atoms with E-state index in [9.17, 15) is 9.18 Å². The zero-order valence-corrected chi connectivity index (χ0v) is 24.8. The number of carbonyl (C=O) groups excluding carboxylic acids is 1. The summed E-state index contributed by atoms with van der Waals surface area (Å²) >= 11 is 5.69. The Bertz CT molecular complexity index is 1010. The molecule has 0 aliphatic heterocycles. The number of halogens is 2. The van der Waals surface area contributed by atoms with Gasteiger partial charge in [-0.15, -0.1) is 0 Å². The third kappa shape index (κ3) is 15.7. The molecule has 0 spiro atoms. The number of fused-ring (bicyclic) bond motifs is 1. The zero-order chi connectivity index (χ0) is 27.2. The molecule has 0 amide bonds. The van der Waals surface area contributed by atoms with Gasteiger partial charge >= 0.3 is 0 Å². The SMILES string of the molecule is C=C(Cl)/C=C(/C)N=C(C)c1cnc2ccc(F)cn12.CC(=O)PC(C)(C)C.CCCCC(C)CC. The lowest BCUT2D eigenvalue weighted by Gasteiger charge is -2.14. The van der Waals surface area contributed by atoms with Crippen molar-refractivity contribution in [2.24, 2.45) is 10.9 Å². The summed E-state index contributed by atoms with van der Waals surface area (Å²) in [5.74, 6) is 0.635. The predicted molar refractivity (Wildman–Crippen MR) is 154 cm³/mol. The predicted octanol–water partition coefficient (Wildman–Crippen LogP) is 9.17. The molecule has 2 heterocycles. The summed E-state index contributed by atoms with van der Waals surface area (Å²) < 4.78 is 14.9. The fraction of sp³-hybridized carbons (Fsp3) is 0.536. The summed E-state index contributed by atoms with van der Waals surface area (Å²) in [5, 5.41) is 0.615. The molecule has 2 aromatic rings. The van der Waals surface area contributed by atoms with Gasteiger partial charge < -0.3 is 0 Å². The highest BCUT2D eigenvalue weighted by molar-refractivity contribution is 7.59. The number of nitrogens with zero attached hydrogens (tertiary/aromatic N) is 3. The van der Waals surface area contributed by atoms with E-state index >= 15 is 0 Å². The molecule has 2 aromatic heterocycles. The molecule has 35 heavy (non-hydrogen) atoms. The molecule has 0 saturated carbocycles. The molecular weight excluding hydrogens is 480 g/mol. The fourth-order valence-electron chi connectivity index (χ4n) is 3.09. The van der Waals surface area contributed by atoms with E-state index in [1.165, 1.54) is 37.9 Å². The van der Waals surface area contributed by atoms with Crippen LogP contribution in [0.1, 0.15) is 93.7 Å². The Kier molecular flexibility index (Phi) is 15.9. The maximum atomic E-state index is 13.3. The van der Waals surface area contributed by atoms with Crippen LogP contribution in [-0.4, -0.2) is 25.8 Å². The second kappa shape index (κ2) is 16.8. The molecular formula is C28H44ClFN3OP. The van der Waals surface area contributed by atoms with Crippen molar-refractivity contribution in [1.29, 1.82) is 0 Å². The Morgan fingerprint density at radius 3 is 2.37 bits per heavy atom. The van der Waals surface area contributed by atoms with E-state index in [0.717, 1.165) is 23.0 Å². The van der Waals surface area contributed by atoms with Gasteiger partial charge in [0.2, 0.25) is 0 Å². The summed E-state index contributed by atoms with van der Waals surface area (Å²) in [4.78, 5) is 19.1. The number of pyridine rings is 1. The van der Waals surface area contributed by atoms with E-state index in [-0.39, 0.29) is 11.0 Å². The van der Waals surface area contributed by atoms with Crippen molar-refractivity contribution in [3.63, 3.8) is 0 Å². The van der Waals surface area contributed by atoms with Crippen molar-refractivity contribution in [3.8, 4) is 0 Å². The number of carbonyl (C=O) groups is 1. The molecule has 0 fully saturated rings. The number of rotatable bonds is 8. The van der Waals surface area contributed by atoms with Crippen LogP contribution in [-0.2, 0) is 4.79 Å². The number of aromatic nitrogens is 2. The van der Waals surface area contributed by atoms with Crippen LogP contribution in [0.2, 0.25) is 0 Å². The molecule has 0 aliphatic carbocycles. The largest absolute Gasteiger partial charge is 0.296 e. The van der Waals surface area contributed by atoms with Crippen LogP contribution in [0.25, 0.3) is 5.65 Å². The standard InChI is InChI=1S/C14H13ClFN3.C8H18.C6H13OP/c1-9(15)6-10(2)18-11(3)13-7-17-14-5-4-12(16)8-19(13)14;1-4-6-7-8(3)5-2;1-5(7)8-6(2,3)4/h4-8H,1H2,2-3H3;8H,4-7H2,1-3H3;8H,1-4H3/b10-6-,18-11?;;. The van der Waals surface area contributed by atoms with Gasteiger partial charge in [-0.1, -0.05) is 85.4 Å². The van der Waals surface area contributed by atoms with Crippen molar-refractivity contribution in [1.82, 2.24) is 9.38 Å². The minimum Gasteiger partial charge on any atom is -0.296 e. The van der Waals surface area contributed by atoms with Crippen LogP contribution in [0.4, 0.5) is 4.39 Å². The number of imidazole rings is 1. The topological polar surface area (TPSA) is 46.7 Å². The van der Waals surface area contributed by atoms with Crippen molar-refractivity contribution in [2.75, 3.05) is 0 Å². The molecule has 7 heteroatoms. The number of aliphatic imine (C=N–C) groups is 1. The van der Waals surface area contributed by atoms with Gasteiger partial charge in [0.15, 0.2) is 0 Å². The van der Waals surface area contributed by atoms with E-state index < -0.39 is 0 Å². The van der Waals surface area contributed by atoms with Gasteiger partial charge in [-0.2, -0.15) is 0 Å². The normalized spacial score (nSPS) is 13.2. The molecule has 196 valence electrons. The third-order valence-corrected chi connectivity index (χ3v) is 6.06. The lowest BCUT2D eigenvalue weighted by atomic mass is 10.0. The van der Waals surface area contributed by atoms with Crippen LogP contribution in [0, 0.1) is 11.7 Å². The van der Waals surface area contributed by atoms with Crippen LogP contribution in [0.5, 0.6) is 0 Å². The van der Waals surface area contributed by atoms with E-state index in [2.05, 4.69) is 58.1 Å². The molecule has 0 aromatic carbocycles. The van der Waals surface area contributed by atoms with Gasteiger partial charge in [0, 0.05) is 16.9 Å². The molecule has 0 aliphatic rings. The first kappa shape index (κ1) is 33.2. The van der Waals surface area contributed by atoms with Crippen LogP contribution >= 0.6 is 20.2 Å². The van der Waals surface area contributed by atoms with E-state index in [4.69, 9.17) is 11.6 Å². The summed E-state index contributed by atoms with van der Waals surface area (Å²) in [5.41, 5.74) is 3.17. The fourth-order valence-corrected chi connectivity index (χ4v) is 4.30. The second-order valence-corrected chi connectivity index (χ2v) is 12.7. The van der Waals surface area contributed by atoms with Gasteiger partial charge in [0.05, 0.1) is 17.6 Å². The Labute approximate surface area is 219 Å². The maximum Gasteiger partial charge on any atom is 0.148 e. The number of allylic oxidation sites excluding steroid dienone is 3. The van der Waals surface area contributed by atoms with Gasteiger partial charge in [0.1, 0.15) is 17.0 Å². The number of hydrogen-bond acceptors (Lipinski definition) is 3. The number of unbranched alkanes of at least 4 members (excludes halogenated alkanes) is 1. The van der Waals surface area contributed by atoms with Gasteiger partial charge in [-0.25, -0.2) is 9.37 Å². The van der Waals surface area contributed by atoms with Gasteiger partial charge in [0.25, 0.3) is 0 Å². The lowest BCUT2D eigenvalue weighted by molar-refractivity contribution is -0.109. The Morgan fingerprint density at radius 1 is 1.29 bits per heavy atom. The minimum atomic E-state index is -0.319. The lowest BCUT2D eigenvalue weighted by Crippen LogP contribution is -2.06. The molecule has 0 bridgehead atoms. The molecule has 0 saturated heterocycles. The molecule has 0 N–H and O–H groups in total. The Balaban J connectivity index is 0.000000601. The Morgan fingerprint density at radius 2 is 1.91 bits per heavy atom. The monoisotopic (exact) mass is 523 g/mol. The minimum absolute atomic E-state index is 0.200. The quantitative estimate of drug-likeness (QED) is 0.197. The van der Waals surface area contributed by atoms with Crippen LogP contribution < -0.4 is 0 Å². The summed E-state index contributed by atoms with van der Waals surface area (Å²) in [6.07, 6.45) is 10.2. The van der Waals surface area contributed by atoms with E-state index in [0.29, 0.717) is 24.8 Å². The summed E-state index contributed by atoms with van der Waals surface area (Å²) in [7, 11) is 0.459. The highest BCUT2D eigenvalue weighted by atomic mass is 35.5. The van der Waals surface area contributed by atoms with Crippen molar-refractivity contribution in [3.05, 3.63) is 59.4 Å². The molecule has 4 nitrogen and oxygen atoms in total. The van der Waals surface area contributed by atoms with E-state index in [1.807, 2.05) is 13.8 Å². The Hall–Kier alpha value is -1.84. The highest BCUT2D eigenvalue weighted by Crippen LogP contribution is 2.30. The average Bonchev–Trinajstić information content (AvgIpc) is 3.13. The molecule has 2 atom stereocenters. The second-order valence-electron chi connectivity index (χ2n) is 9.74. The smallest absolute Gasteiger partial charge is 0.148 e. The first-order chi connectivity index (χ1) is 16.2. The maximum absolute atomic E-state index is 13.3. The van der Waals surface area contributed by atoms with Crippen LogP contribution in [0.3, 0.4) is 0 Å². The van der Waals surface area contributed by atoms with Crippen molar-refractivity contribution >= 4 is 37.1 Å². The summed E-state index contributed by atoms with van der Waals surface area (Å²) in [6.45, 7) is 22.0. The average molecular weight is 524 g/mol. The number of hydrogen-bond donors (Lipinski definition) is 0. The first-order valence-corrected chi connectivity index (χ1v) is 13.6. The third-order valence-electron chi connectivity index (χ3n) is 4.85. The molecule has 0 radical (unpaired) electrons. The van der Waals surface area contributed by atoms with Gasteiger partial charge in [-0.05, 0) is 58.6 Å². The van der Waals surface area contributed by atoms with Crippen molar-refractivity contribution in [2.45, 2.75) is 93.2 Å². The van der Waals surface area contributed by atoms with Gasteiger partial charge in [-0.3, -0.25) is 14.2 Å².